The maximum atomic E-state index is 13.9. The number of carbonyl (C=O) groups excluding carboxylic acids is 2. The van der Waals surface area contributed by atoms with Crippen molar-refractivity contribution in [2.75, 3.05) is 25.5 Å². The second-order valence-electron chi connectivity index (χ2n) is 9.23. The summed E-state index contributed by atoms with van der Waals surface area (Å²) in [4.78, 5) is 41.9. The quantitative estimate of drug-likeness (QED) is 0.401. The predicted octanol–water partition coefficient (Wildman–Crippen LogP) is 5.08. The SMILES string of the molecule is C=Cc1ccc(CN(CCCC(=O)O)C(=O)C2(C)CCN2C(=O)c2csc3ccccc23)cc1NC. The highest BCUT2D eigenvalue weighted by molar-refractivity contribution is 7.17. The lowest BCUT2D eigenvalue weighted by Crippen LogP contribution is -2.67. The number of fused-ring (bicyclic) bond motifs is 1. The van der Waals surface area contributed by atoms with Crippen LogP contribution in [0.4, 0.5) is 5.69 Å². The summed E-state index contributed by atoms with van der Waals surface area (Å²) in [5.74, 6) is -1.20. The Hall–Kier alpha value is -3.65. The Bertz CT molecular complexity index is 1320. The maximum Gasteiger partial charge on any atom is 0.303 e. The van der Waals surface area contributed by atoms with Gasteiger partial charge in [0.05, 0.1) is 5.56 Å². The number of amides is 2. The number of carboxylic acids is 1. The second kappa shape index (κ2) is 10.5. The summed E-state index contributed by atoms with van der Waals surface area (Å²) in [7, 11) is 1.83. The predicted molar refractivity (Wildman–Crippen MR) is 144 cm³/mol. The fraction of sp³-hybridized carbons (Fsp3) is 0.321. The number of nitrogens with one attached hydrogen (secondary N) is 1. The number of aliphatic carboxylic acids is 1. The van der Waals surface area contributed by atoms with E-state index in [1.165, 1.54) is 11.3 Å². The van der Waals surface area contributed by atoms with Crippen molar-refractivity contribution in [3.8, 4) is 0 Å². The van der Waals surface area contributed by atoms with Crippen LogP contribution in [0.15, 0.2) is 54.4 Å². The van der Waals surface area contributed by atoms with E-state index in [-0.39, 0.29) is 18.2 Å². The van der Waals surface area contributed by atoms with Gasteiger partial charge in [-0.05, 0) is 43.0 Å². The third-order valence-electron chi connectivity index (χ3n) is 6.92. The van der Waals surface area contributed by atoms with Crippen LogP contribution in [0.1, 0.15) is 47.7 Å². The van der Waals surface area contributed by atoms with E-state index in [4.69, 9.17) is 5.11 Å². The van der Waals surface area contributed by atoms with Gasteiger partial charge in [0.25, 0.3) is 5.91 Å². The second-order valence-corrected chi connectivity index (χ2v) is 10.1. The number of carbonyl (C=O) groups is 3. The molecule has 4 rings (SSSR count). The van der Waals surface area contributed by atoms with E-state index in [1.807, 2.05) is 61.8 Å². The number of thiophene rings is 1. The monoisotopic (exact) mass is 505 g/mol. The first kappa shape index (κ1) is 25.4. The maximum absolute atomic E-state index is 13.9. The van der Waals surface area contributed by atoms with Crippen molar-refractivity contribution in [3.63, 3.8) is 0 Å². The van der Waals surface area contributed by atoms with E-state index in [1.54, 1.807) is 15.9 Å². The fourth-order valence-electron chi connectivity index (χ4n) is 4.73. The van der Waals surface area contributed by atoms with Crippen LogP contribution in [0.2, 0.25) is 0 Å². The molecular formula is C28H31N3O4S. The van der Waals surface area contributed by atoms with Gasteiger partial charge in [0.1, 0.15) is 5.54 Å². The lowest BCUT2D eigenvalue weighted by molar-refractivity contribution is -0.150. The van der Waals surface area contributed by atoms with Crippen molar-refractivity contribution in [2.24, 2.45) is 0 Å². The number of hydrogen-bond acceptors (Lipinski definition) is 5. The van der Waals surface area contributed by atoms with Gasteiger partial charge in [-0.15, -0.1) is 11.3 Å². The molecule has 0 spiro atoms. The third kappa shape index (κ3) is 4.86. The Labute approximate surface area is 215 Å². The van der Waals surface area contributed by atoms with Crippen LogP contribution >= 0.6 is 11.3 Å². The molecule has 1 unspecified atom stereocenters. The Morgan fingerprint density at radius 2 is 2.03 bits per heavy atom. The highest BCUT2D eigenvalue weighted by Crippen LogP contribution is 2.37. The van der Waals surface area contributed by atoms with Gasteiger partial charge in [0.2, 0.25) is 5.91 Å². The minimum absolute atomic E-state index is 0.0266. The molecule has 1 aliphatic heterocycles. The van der Waals surface area contributed by atoms with E-state index < -0.39 is 11.5 Å². The number of hydrogen-bond donors (Lipinski definition) is 2. The van der Waals surface area contributed by atoms with Crippen LogP contribution in [0, 0.1) is 0 Å². The van der Waals surface area contributed by atoms with Crippen molar-refractivity contribution in [2.45, 2.75) is 38.3 Å². The largest absolute Gasteiger partial charge is 0.481 e. The topological polar surface area (TPSA) is 90.0 Å². The fourth-order valence-corrected chi connectivity index (χ4v) is 5.66. The Balaban J connectivity index is 1.59. The van der Waals surface area contributed by atoms with Gasteiger partial charge >= 0.3 is 5.97 Å². The van der Waals surface area contributed by atoms with Gasteiger partial charge in [0.15, 0.2) is 0 Å². The van der Waals surface area contributed by atoms with Crippen LogP contribution in [-0.4, -0.2) is 58.4 Å². The summed E-state index contributed by atoms with van der Waals surface area (Å²) in [6.45, 7) is 6.77. The van der Waals surface area contributed by atoms with E-state index >= 15 is 0 Å². The van der Waals surface area contributed by atoms with Crippen molar-refractivity contribution in [3.05, 3.63) is 71.1 Å². The lowest BCUT2D eigenvalue weighted by atomic mass is 9.84. The first-order valence-electron chi connectivity index (χ1n) is 12.0. The average Bonchev–Trinajstić information content (AvgIpc) is 3.30. The van der Waals surface area contributed by atoms with E-state index in [0.717, 1.165) is 26.9 Å². The molecule has 188 valence electrons. The standard InChI is InChI=1S/C28H31N3O4S/c1-4-20-12-11-19(16-23(20)29-3)17-30(14-7-10-25(32)33)27(35)28(2)13-15-31(28)26(34)22-18-36-24-9-6-5-8-21(22)24/h4-6,8-9,11-12,16,18,29H,1,7,10,13-15,17H2,2-3H3,(H,32,33). The van der Waals surface area contributed by atoms with Crippen LogP contribution in [-0.2, 0) is 16.1 Å². The number of rotatable bonds is 10. The van der Waals surface area contributed by atoms with Crippen LogP contribution < -0.4 is 5.32 Å². The molecule has 0 radical (unpaired) electrons. The molecular weight excluding hydrogens is 474 g/mol. The molecule has 36 heavy (non-hydrogen) atoms. The summed E-state index contributed by atoms with van der Waals surface area (Å²) in [5.41, 5.74) is 2.41. The lowest BCUT2D eigenvalue weighted by Gasteiger charge is -2.51. The van der Waals surface area contributed by atoms with Gasteiger partial charge < -0.3 is 20.2 Å². The molecule has 2 N–H and O–H groups in total. The summed E-state index contributed by atoms with van der Waals surface area (Å²) in [5, 5.41) is 15.0. The van der Waals surface area contributed by atoms with Gasteiger partial charge in [-0.3, -0.25) is 14.4 Å². The molecule has 1 aromatic heterocycles. The van der Waals surface area contributed by atoms with Gasteiger partial charge in [0, 0.05) is 54.3 Å². The van der Waals surface area contributed by atoms with Crippen molar-refractivity contribution >= 4 is 51.0 Å². The molecule has 2 heterocycles. The van der Waals surface area contributed by atoms with E-state index in [9.17, 15) is 14.4 Å². The molecule has 0 saturated carbocycles. The Kier molecular flexibility index (Phi) is 7.45. The van der Waals surface area contributed by atoms with E-state index in [0.29, 0.717) is 38.0 Å². The average molecular weight is 506 g/mol. The number of likely N-dealkylation sites (tertiary alicyclic amines) is 1. The molecule has 2 aromatic carbocycles. The first-order chi connectivity index (χ1) is 17.3. The smallest absolute Gasteiger partial charge is 0.303 e. The Morgan fingerprint density at radius 3 is 2.69 bits per heavy atom. The molecule has 7 nitrogen and oxygen atoms in total. The summed E-state index contributed by atoms with van der Waals surface area (Å²) >= 11 is 1.52. The Morgan fingerprint density at radius 1 is 1.25 bits per heavy atom. The van der Waals surface area contributed by atoms with Crippen molar-refractivity contribution in [1.82, 2.24) is 9.80 Å². The molecule has 1 aliphatic rings. The van der Waals surface area contributed by atoms with Gasteiger partial charge in [-0.1, -0.05) is 43.0 Å². The number of carboxylic acid groups (broad SMARTS) is 1. The van der Waals surface area contributed by atoms with Gasteiger partial charge in [-0.25, -0.2) is 0 Å². The molecule has 1 fully saturated rings. The zero-order valence-corrected chi connectivity index (χ0v) is 21.4. The highest BCUT2D eigenvalue weighted by Gasteiger charge is 2.51. The molecule has 1 saturated heterocycles. The molecule has 1 atom stereocenters. The molecule has 3 aromatic rings. The molecule has 0 bridgehead atoms. The number of anilines is 1. The minimum atomic E-state index is -0.976. The molecule has 8 heteroatoms. The zero-order chi connectivity index (χ0) is 25.9. The van der Waals surface area contributed by atoms with Crippen LogP contribution in [0.5, 0.6) is 0 Å². The number of nitrogens with zero attached hydrogens (tertiary/aromatic N) is 2. The number of benzene rings is 2. The molecule has 2 amide bonds. The van der Waals surface area contributed by atoms with E-state index in [2.05, 4.69) is 11.9 Å². The van der Waals surface area contributed by atoms with Crippen molar-refractivity contribution in [1.29, 1.82) is 0 Å². The first-order valence-corrected chi connectivity index (χ1v) is 12.9. The third-order valence-corrected chi connectivity index (χ3v) is 7.88. The van der Waals surface area contributed by atoms with Gasteiger partial charge in [-0.2, -0.15) is 0 Å². The van der Waals surface area contributed by atoms with Crippen LogP contribution in [0.3, 0.4) is 0 Å². The summed E-state index contributed by atoms with van der Waals surface area (Å²) < 4.78 is 1.04. The zero-order valence-electron chi connectivity index (χ0n) is 20.6. The highest BCUT2D eigenvalue weighted by atomic mass is 32.1. The normalized spacial score (nSPS) is 16.9. The summed E-state index contributed by atoms with van der Waals surface area (Å²) in [6, 6.07) is 13.6. The molecule has 0 aliphatic carbocycles. The summed E-state index contributed by atoms with van der Waals surface area (Å²) in [6.07, 6.45) is 2.63. The van der Waals surface area contributed by atoms with Crippen LogP contribution in [0.25, 0.3) is 16.2 Å². The van der Waals surface area contributed by atoms with Crippen molar-refractivity contribution < 1.29 is 19.5 Å². The minimum Gasteiger partial charge on any atom is -0.481 e.